The van der Waals surface area contributed by atoms with Crippen LogP contribution in [0.2, 0.25) is 0 Å². The third-order valence-electron chi connectivity index (χ3n) is 10.6. The number of para-hydroxylation sites is 2. The van der Waals surface area contributed by atoms with Gasteiger partial charge < -0.3 is 9.80 Å². The lowest BCUT2D eigenvalue weighted by Gasteiger charge is -2.32. The fourth-order valence-electron chi connectivity index (χ4n) is 8.59. The second-order valence-corrected chi connectivity index (χ2v) is 13.1. The van der Waals surface area contributed by atoms with Crippen LogP contribution in [0.25, 0.3) is 53.9 Å². The normalized spacial score (nSPS) is 14.8. The monoisotopic (exact) mass is 590 g/mol. The number of fused-ring (bicyclic) bond motifs is 13. The van der Waals surface area contributed by atoms with Crippen molar-refractivity contribution in [3.8, 4) is 0 Å². The van der Waals surface area contributed by atoms with E-state index in [1.54, 1.807) is 0 Å². The van der Waals surface area contributed by atoms with E-state index in [2.05, 4.69) is 143 Å². The minimum Gasteiger partial charge on any atom is -0.341 e. The molecule has 0 N–H and O–H groups in total. The van der Waals surface area contributed by atoms with Gasteiger partial charge in [0.15, 0.2) is 0 Å². The molecule has 0 fully saturated rings. The van der Waals surface area contributed by atoms with Crippen LogP contribution in [0, 0.1) is 0 Å². The highest BCUT2D eigenvalue weighted by Gasteiger charge is 2.23. The molecule has 0 aromatic heterocycles. The molecule has 10 rings (SSSR count). The fraction of sp³-hybridized carbons (Fsp3) is 0.136. The van der Waals surface area contributed by atoms with Crippen molar-refractivity contribution in [3.05, 3.63) is 145 Å². The average molecular weight is 591 g/mol. The molecule has 0 saturated heterocycles. The Labute approximate surface area is 269 Å². The molecule has 0 aliphatic carbocycles. The lowest BCUT2D eigenvalue weighted by atomic mass is 9.86. The molecule has 0 spiro atoms. The molecule has 2 aliphatic heterocycles. The molecule has 0 bridgehead atoms. The summed E-state index contributed by atoms with van der Waals surface area (Å²) in [6.45, 7) is 2.08. The molecule has 2 nitrogen and oxygen atoms in total. The van der Waals surface area contributed by atoms with Crippen molar-refractivity contribution in [2.45, 2.75) is 25.7 Å². The molecule has 220 valence electrons. The maximum atomic E-state index is 2.54. The van der Waals surface area contributed by atoms with Crippen molar-refractivity contribution in [1.82, 2.24) is 0 Å². The van der Waals surface area contributed by atoms with Crippen LogP contribution < -0.4 is 9.80 Å². The summed E-state index contributed by atoms with van der Waals surface area (Å²) in [4.78, 5) is 5.07. The Morgan fingerprint density at radius 3 is 1.22 bits per heavy atom. The maximum Gasteiger partial charge on any atom is 0.0443 e. The highest BCUT2D eigenvalue weighted by atomic mass is 15.1. The van der Waals surface area contributed by atoms with E-state index >= 15 is 0 Å². The molecular formula is C44H34N2. The molecule has 0 amide bonds. The summed E-state index contributed by atoms with van der Waals surface area (Å²) in [5, 5.41) is 13.3. The average Bonchev–Trinajstić information content (AvgIpc) is 3.13. The Morgan fingerprint density at radius 1 is 0.348 bits per heavy atom. The predicted octanol–water partition coefficient (Wildman–Crippen LogP) is 11.6. The third-order valence-corrected chi connectivity index (χ3v) is 10.6. The summed E-state index contributed by atoms with van der Waals surface area (Å²) in [6, 6.07) is 50.4. The van der Waals surface area contributed by atoms with Crippen molar-refractivity contribution in [1.29, 1.82) is 0 Å². The molecule has 8 aromatic rings. The predicted molar refractivity (Wildman–Crippen MR) is 198 cm³/mol. The van der Waals surface area contributed by atoms with Crippen LogP contribution in [-0.2, 0) is 12.8 Å². The second-order valence-electron chi connectivity index (χ2n) is 13.1. The van der Waals surface area contributed by atoms with Gasteiger partial charge in [0.2, 0.25) is 0 Å². The van der Waals surface area contributed by atoms with Crippen molar-refractivity contribution >= 4 is 76.6 Å². The van der Waals surface area contributed by atoms with Gasteiger partial charge in [0, 0.05) is 35.8 Å². The topological polar surface area (TPSA) is 6.48 Å². The Balaban J connectivity index is 1.33. The number of anilines is 4. The summed E-state index contributed by atoms with van der Waals surface area (Å²) >= 11 is 0. The summed E-state index contributed by atoms with van der Waals surface area (Å²) in [5.41, 5.74) is 8.14. The van der Waals surface area contributed by atoms with E-state index in [-0.39, 0.29) is 0 Å². The van der Waals surface area contributed by atoms with E-state index in [4.69, 9.17) is 0 Å². The number of aryl methyl sites for hydroxylation is 2. The first-order valence-electron chi connectivity index (χ1n) is 16.8. The lowest BCUT2D eigenvalue weighted by Crippen LogP contribution is -2.24. The van der Waals surface area contributed by atoms with Gasteiger partial charge in [-0.05, 0) is 127 Å². The number of nitrogens with zero attached hydrogens (tertiary/aromatic N) is 2. The summed E-state index contributed by atoms with van der Waals surface area (Å²) in [5.74, 6) is 0. The van der Waals surface area contributed by atoms with E-state index in [9.17, 15) is 0 Å². The molecule has 0 unspecified atom stereocenters. The Hall–Kier alpha value is -5.34. The first-order valence-corrected chi connectivity index (χ1v) is 16.8. The Bertz CT molecular complexity index is 2330. The van der Waals surface area contributed by atoms with Crippen LogP contribution in [0.15, 0.2) is 133 Å². The zero-order chi connectivity index (χ0) is 30.2. The summed E-state index contributed by atoms with van der Waals surface area (Å²) in [7, 11) is 0. The SMILES string of the molecule is c1ccc2c(c1)CCCN2c1ccc2c3ccc(N4CCCc5ccccc54)cc3c3c4ccccc4c4ccccc4c3c2c1. The molecule has 2 heterocycles. The molecule has 2 heteroatoms. The van der Waals surface area contributed by atoms with Crippen molar-refractivity contribution < 1.29 is 0 Å². The van der Waals surface area contributed by atoms with Crippen LogP contribution >= 0.6 is 0 Å². The molecule has 2 aliphatic rings. The van der Waals surface area contributed by atoms with Gasteiger partial charge in [0.25, 0.3) is 0 Å². The van der Waals surface area contributed by atoms with Gasteiger partial charge in [-0.2, -0.15) is 0 Å². The van der Waals surface area contributed by atoms with Crippen LogP contribution in [0.1, 0.15) is 24.0 Å². The van der Waals surface area contributed by atoms with Gasteiger partial charge in [0.1, 0.15) is 0 Å². The Kier molecular flexibility index (Phi) is 5.69. The quantitative estimate of drug-likeness (QED) is 0.185. The summed E-state index contributed by atoms with van der Waals surface area (Å²) in [6.07, 6.45) is 4.63. The van der Waals surface area contributed by atoms with Crippen molar-refractivity contribution in [3.63, 3.8) is 0 Å². The minimum absolute atomic E-state index is 1.04. The standard InChI is InChI=1S/C44H34N2/c1-7-19-41-29(11-1)13-9-25-45(41)31-21-23-35-36-24-22-32(46-26-10-14-30-12-2-8-20-42(30)46)28-40(36)44-38-18-6-4-16-34(38)33-15-3-5-17-37(33)43(44)39(35)27-31/h1-8,11-12,15-24,27-28H,9-10,13-14,25-26H2. The van der Waals surface area contributed by atoms with E-state index in [0.29, 0.717) is 0 Å². The smallest absolute Gasteiger partial charge is 0.0443 e. The van der Waals surface area contributed by atoms with E-state index < -0.39 is 0 Å². The van der Waals surface area contributed by atoms with Crippen molar-refractivity contribution in [2.24, 2.45) is 0 Å². The number of rotatable bonds is 2. The minimum atomic E-state index is 1.04. The number of hydrogen-bond donors (Lipinski definition) is 0. The number of benzene rings is 8. The maximum absolute atomic E-state index is 2.54. The van der Waals surface area contributed by atoms with Gasteiger partial charge in [-0.3, -0.25) is 0 Å². The number of hydrogen-bond acceptors (Lipinski definition) is 2. The van der Waals surface area contributed by atoms with Crippen LogP contribution in [0.3, 0.4) is 0 Å². The van der Waals surface area contributed by atoms with Crippen molar-refractivity contribution in [2.75, 3.05) is 22.9 Å². The highest BCUT2D eigenvalue weighted by Crippen LogP contribution is 2.47. The zero-order valence-corrected chi connectivity index (χ0v) is 25.8. The van der Waals surface area contributed by atoms with E-state index in [1.165, 1.54) is 101 Å². The lowest BCUT2D eigenvalue weighted by molar-refractivity contribution is 0.767. The first-order chi connectivity index (χ1) is 22.8. The third kappa shape index (κ3) is 3.77. The second kappa shape index (κ2) is 10.1. The highest BCUT2D eigenvalue weighted by molar-refractivity contribution is 6.39. The van der Waals surface area contributed by atoms with Crippen LogP contribution in [0.5, 0.6) is 0 Å². The van der Waals surface area contributed by atoms with Gasteiger partial charge in [-0.25, -0.2) is 0 Å². The van der Waals surface area contributed by atoms with Crippen LogP contribution in [-0.4, -0.2) is 13.1 Å². The molecule has 0 atom stereocenters. The molecule has 0 radical (unpaired) electrons. The molecule has 46 heavy (non-hydrogen) atoms. The summed E-state index contributed by atoms with van der Waals surface area (Å²) < 4.78 is 0. The van der Waals surface area contributed by atoms with E-state index in [0.717, 1.165) is 25.9 Å². The fourth-order valence-corrected chi connectivity index (χ4v) is 8.59. The first kappa shape index (κ1) is 25.9. The largest absolute Gasteiger partial charge is 0.341 e. The van der Waals surface area contributed by atoms with Gasteiger partial charge in [-0.15, -0.1) is 0 Å². The van der Waals surface area contributed by atoms with Gasteiger partial charge >= 0.3 is 0 Å². The van der Waals surface area contributed by atoms with Crippen LogP contribution in [0.4, 0.5) is 22.7 Å². The Morgan fingerprint density at radius 2 is 0.739 bits per heavy atom. The van der Waals surface area contributed by atoms with Gasteiger partial charge in [0.05, 0.1) is 0 Å². The molecule has 8 aromatic carbocycles. The van der Waals surface area contributed by atoms with Gasteiger partial charge in [-0.1, -0.05) is 97.1 Å². The van der Waals surface area contributed by atoms with E-state index in [1.807, 2.05) is 0 Å². The molecule has 0 saturated carbocycles. The zero-order valence-electron chi connectivity index (χ0n) is 25.8. The molecular weight excluding hydrogens is 556 g/mol.